The molecular weight excluding hydrogens is 160 g/mol. The van der Waals surface area contributed by atoms with Crippen LogP contribution >= 0.6 is 0 Å². The number of rotatable bonds is 1. The lowest BCUT2D eigenvalue weighted by Crippen LogP contribution is -2.54. The summed E-state index contributed by atoms with van der Waals surface area (Å²) in [5.41, 5.74) is 0. The van der Waals surface area contributed by atoms with E-state index in [4.69, 9.17) is 9.84 Å². The van der Waals surface area contributed by atoms with Crippen molar-refractivity contribution >= 4 is 0 Å². The van der Waals surface area contributed by atoms with Crippen molar-refractivity contribution in [2.75, 3.05) is 6.61 Å². The normalized spacial score (nSPS) is 43.5. The van der Waals surface area contributed by atoms with Crippen LogP contribution in [0.1, 0.15) is 13.8 Å². The second kappa shape index (κ2) is 3.70. The highest BCUT2D eigenvalue weighted by Gasteiger charge is 2.38. The largest absolute Gasteiger partial charge is 0.388 e. The van der Waals surface area contributed by atoms with Gasteiger partial charge in [-0.05, 0) is 5.92 Å². The van der Waals surface area contributed by atoms with Crippen molar-refractivity contribution in [1.82, 2.24) is 0 Å². The second-order valence-corrected chi connectivity index (χ2v) is 3.59. The number of ether oxygens (including phenoxy) is 1. The van der Waals surface area contributed by atoms with Gasteiger partial charge in [0.05, 0.1) is 12.7 Å². The van der Waals surface area contributed by atoms with E-state index in [9.17, 15) is 10.2 Å². The van der Waals surface area contributed by atoms with Gasteiger partial charge < -0.3 is 20.1 Å². The smallest absolute Gasteiger partial charge is 0.111 e. The predicted molar refractivity (Wildman–Crippen MR) is 42.6 cm³/mol. The van der Waals surface area contributed by atoms with Crippen molar-refractivity contribution < 1.29 is 20.1 Å². The van der Waals surface area contributed by atoms with Crippen molar-refractivity contribution in [1.29, 1.82) is 0 Å². The maximum absolute atomic E-state index is 9.44. The van der Waals surface area contributed by atoms with Crippen molar-refractivity contribution in [2.45, 2.75) is 38.3 Å². The first-order valence-electron chi connectivity index (χ1n) is 4.20. The van der Waals surface area contributed by atoms with Crippen LogP contribution < -0.4 is 0 Å². The first-order valence-corrected chi connectivity index (χ1v) is 4.20. The van der Waals surface area contributed by atoms with Gasteiger partial charge in [-0.1, -0.05) is 13.8 Å². The molecule has 3 N–H and O–H groups in total. The molecule has 1 fully saturated rings. The first-order chi connectivity index (χ1) is 5.54. The van der Waals surface area contributed by atoms with Crippen LogP contribution in [0, 0.1) is 5.92 Å². The molecule has 0 amide bonds. The Morgan fingerprint density at radius 1 is 1.17 bits per heavy atom. The lowest BCUT2D eigenvalue weighted by molar-refractivity contribution is -0.197. The Morgan fingerprint density at radius 3 is 2.25 bits per heavy atom. The zero-order chi connectivity index (χ0) is 9.30. The topological polar surface area (TPSA) is 69.9 Å². The van der Waals surface area contributed by atoms with E-state index in [1.807, 2.05) is 13.8 Å². The van der Waals surface area contributed by atoms with Crippen LogP contribution in [0.3, 0.4) is 0 Å². The lowest BCUT2D eigenvalue weighted by Gasteiger charge is -2.37. The van der Waals surface area contributed by atoms with Crippen molar-refractivity contribution in [2.24, 2.45) is 5.92 Å². The van der Waals surface area contributed by atoms with Gasteiger partial charge in [0, 0.05) is 0 Å². The van der Waals surface area contributed by atoms with E-state index in [2.05, 4.69) is 0 Å². The molecule has 1 aliphatic rings. The summed E-state index contributed by atoms with van der Waals surface area (Å²) >= 11 is 0. The number of hydrogen-bond acceptors (Lipinski definition) is 4. The Hall–Kier alpha value is -0.160. The van der Waals surface area contributed by atoms with Crippen LogP contribution in [0.25, 0.3) is 0 Å². The summed E-state index contributed by atoms with van der Waals surface area (Å²) in [6, 6.07) is 0. The van der Waals surface area contributed by atoms with Gasteiger partial charge in [0.2, 0.25) is 0 Å². The van der Waals surface area contributed by atoms with Crippen molar-refractivity contribution in [3.8, 4) is 0 Å². The minimum atomic E-state index is -1.08. The Balaban J connectivity index is 2.58. The summed E-state index contributed by atoms with van der Waals surface area (Å²) in [6.45, 7) is 3.90. The molecule has 1 aliphatic heterocycles. The minimum absolute atomic E-state index is 0.0983. The Kier molecular flexibility index (Phi) is 3.06. The molecule has 0 spiro atoms. The molecule has 0 aromatic rings. The number of hydrogen-bond donors (Lipinski definition) is 3. The Bertz CT molecular complexity index is 148. The molecule has 0 bridgehead atoms. The molecule has 0 saturated carbocycles. The van der Waals surface area contributed by atoms with Crippen LogP contribution in [-0.2, 0) is 4.74 Å². The highest BCUT2D eigenvalue weighted by molar-refractivity contribution is 4.87. The average molecular weight is 176 g/mol. The Morgan fingerprint density at radius 2 is 1.75 bits per heavy atom. The molecule has 2 unspecified atom stereocenters. The first kappa shape index (κ1) is 9.92. The SMILES string of the molecule is CC(C)C1OC[C@H](O)[C@H](O)C1O. The summed E-state index contributed by atoms with van der Waals surface area (Å²) in [6.07, 6.45) is -3.39. The summed E-state index contributed by atoms with van der Waals surface area (Å²) < 4.78 is 5.17. The zero-order valence-electron chi connectivity index (χ0n) is 7.34. The quantitative estimate of drug-likeness (QED) is 0.485. The Labute approximate surface area is 71.8 Å². The van der Waals surface area contributed by atoms with Crippen LogP contribution in [-0.4, -0.2) is 46.3 Å². The lowest BCUT2D eigenvalue weighted by atomic mass is 9.93. The predicted octanol–water partition coefficient (Wildman–Crippen LogP) is -0.876. The van der Waals surface area contributed by atoms with Crippen molar-refractivity contribution in [3.05, 3.63) is 0 Å². The van der Waals surface area contributed by atoms with Gasteiger partial charge in [-0.25, -0.2) is 0 Å². The van der Waals surface area contributed by atoms with E-state index in [1.54, 1.807) is 0 Å². The van der Waals surface area contributed by atoms with E-state index >= 15 is 0 Å². The molecule has 0 aromatic carbocycles. The van der Waals surface area contributed by atoms with Gasteiger partial charge in [-0.15, -0.1) is 0 Å². The second-order valence-electron chi connectivity index (χ2n) is 3.59. The molecule has 1 heterocycles. The third-order valence-corrected chi connectivity index (χ3v) is 2.20. The molecule has 0 radical (unpaired) electrons. The van der Waals surface area contributed by atoms with E-state index < -0.39 is 18.3 Å². The highest BCUT2D eigenvalue weighted by atomic mass is 16.5. The zero-order valence-corrected chi connectivity index (χ0v) is 7.34. The molecule has 1 saturated heterocycles. The molecule has 4 nitrogen and oxygen atoms in total. The molecule has 1 rings (SSSR count). The van der Waals surface area contributed by atoms with E-state index in [0.717, 1.165) is 0 Å². The molecule has 0 aliphatic carbocycles. The summed E-state index contributed by atoms with van der Waals surface area (Å²) in [4.78, 5) is 0. The number of aliphatic hydroxyl groups excluding tert-OH is 3. The van der Waals surface area contributed by atoms with Crippen molar-refractivity contribution in [3.63, 3.8) is 0 Å². The van der Waals surface area contributed by atoms with Crippen LogP contribution in [0.5, 0.6) is 0 Å². The summed E-state index contributed by atoms with van der Waals surface area (Å²) in [7, 11) is 0. The van der Waals surface area contributed by atoms with Crippen LogP contribution in [0.15, 0.2) is 0 Å². The van der Waals surface area contributed by atoms with Gasteiger partial charge in [0.1, 0.15) is 18.3 Å². The molecule has 4 heteroatoms. The average Bonchev–Trinajstić information content (AvgIpc) is 2.00. The molecular formula is C8H16O4. The van der Waals surface area contributed by atoms with E-state index in [0.29, 0.717) is 0 Å². The fraction of sp³-hybridized carbons (Fsp3) is 1.00. The third kappa shape index (κ3) is 1.77. The monoisotopic (exact) mass is 176 g/mol. The van der Waals surface area contributed by atoms with Gasteiger partial charge in [-0.2, -0.15) is 0 Å². The van der Waals surface area contributed by atoms with Gasteiger partial charge in [0.15, 0.2) is 0 Å². The van der Waals surface area contributed by atoms with Gasteiger partial charge in [-0.3, -0.25) is 0 Å². The van der Waals surface area contributed by atoms with Crippen LogP contribution in [0.2, 0.25) is 0 Å². The molecule has 72 valence electrons. The van der Waals surface area contributed by atoms with Crippen LogP contribution in [0.4, 0.5) is 0 Å². The van der Waals surface area contributed by atoms with Gasteiger partial charge >= 0.3 is 0 Å². The third-order valence-electron chi connectivity index (χ3n) is 2.20. The molecule has 12 heavy (non-hydrogen) atoms. The van der Waals surface area contributed by atoms with E-state index in [-0.39, 0.29) is 18.6 Å². The highest BCUT2D eigenvalue weighted by Crippen LogP contribution is 2.20. The summed E-state index contributed by atoms with van der Waals surface area (Å²) in [5, 5.41) is 27.8. The minimum Gasteiger partial charge on any atom is -0.388 e. The maximum Gasteiger partial charge on any atom is 0.111 e. The van der Waals surface area contributed by atoms with Gasteiger partial charge in [0.25, 0.3) is 0 Å². The molecule has 0 aromatic heterocycles. The fourth-order valence-electron chi connectivity index (χ4n) is 1.42. The fourth-order valence-corrected chi connectivity index (χ4v) is 1.42. The standard InChI is InChI=1S/C8H16O4/c1-4(2)8-7(11)6(10)5(9)3-12-8/h4-11H,3H2,1-2H3/t5-,6-,7?,8?/m0/s1. The summed E-state index contributed by atoms with van der Waals surface area (Å²) in [5.74, 6) is 0.141. The number of aliphatic hydroxyl groups is 3. The van der Waals surface area contributed by atoms with E-state index in [1.165, 1.54) is 0 Å². The maximum atomic E-state index is 9.44. The molecule has 4 atom stereocenters.